The average Bonchev–Trinajstić information content (AvgIpc) is 3.13. The lowest BCUT2D eigenvalue weighted by atomic mass is 9.99. The Kier molecular flexibility index (Phi) is 4.97. The molecule has 1 aliphatic carbocycles. The lowest BCUT2D eigenvalue weighted by Crippen LogP contribution is -2.45. The lowest BCUT2D eigenvalue weighted by molar-refractivity contribution is -0.117. The van der Waals surface area contributed by atoms with E-state index < -0.39 is 17.9 Å². The summed E-state index contributed by atoms with van der Waals surface area (Å²) in [5.74, 6) is -1.03. The van der Waals surface area contributed by atoms with Crippen molar-refractivity contribution in [1.82, 2.24) is 20.5 Å². The predicted octanol–water partition coefficient (Wildman–Crippen LogP) is 4.56. The number of nitrogens with one attached hydrogen (secondary N) is 4. The number of rotatable bonds is 6. The Morgan fingerprint density at radius 3 is 2.88 bits per heavy atom. The highest BCUT2D eigenvalue weighted by molar-refractivity contribution is 7.22. The van der Waals surface area contributed by atoms with Gasteiger partial charge in [0.05, 0.1) is 38.6 Å². The number of aromatic amines is 1. The number of fused-ring (bicyclic) bond motifs is 2. The van der Waals surface area contributed by atoms with E-state index in [0.29, 0.717) is 50.8 Å². The van der Waals surface area contributed by atoms with Crippen LogP contribution in [0.15, 0.2) is 24.4 Å². The fourth-order valence-corrected chi connectivity index (χ4v) is 5.28. The lowest BCUT2D eigenvalue weighted by Gasteiger charge is -2.27. The Morgan fingerprint density at radius 2 is 2.15 bits per heavy atom. The third kappa shape index (κ3) is 3.62. The molecule has 2 aromatic heterocycles. The van der Waals surface area contributed by atoms with Gasteiger partial charge in [-0.1, -0.05) is 29.0 Å². The summed E-state index contributed by atoms with van der Waals surface area (Å²) in [5.41, 5.74) is 2.80. The summed E-state index contributed by atoms with van der Waals surface area (Å²) in [7, 11) is 0. The standard InChI is InChI=1S/C22H19ClF2N6OS/c23-17-16(12-8-28-31-19(12)20(18(17)25)27-7-9-5-26-6-9)10-1-2-14-15(3-10)33-22(29-14)30-21(32)11-4-13(11)24/h1-3,8-9,11,13,26-27H,4-7H2,(H,28,31)(H,29,30,32)/t11-,13+/m1/s1. The van der Waals surface area contributed by atoms with Gasteiger partial charge in [-0.25, -0.2) is 13.8 Å². The number of alkyl halides is 1. The van der Waals surface area contributed by atoms with Crippen LogP contribution in [-0.2, 0) is 4.79 Å². The quantitative estimate of drug-likeness (QED) is 0.319. The van der Waals surface area contributed by atoms with E-state index >= 15 is 4.39 Å². The van der Waals surface area contributed by atoms with Crippen molar-refractivity contribution < 1.29 is 13.6 Å². The predicted molar refractivity (Wildman–Crippen MR) is 126 cm³/mol. The summed E-state index contributed by atoms with van der Waals surface area (Å²) in [5, 5.41) is 17.2. The molecule has 0 unspecified atom stereocenters. The minimum absolute atomic E-state index is 0.0123. The molecule has 0 bridgehead atoms. The van der Waals surface area contributed by atoms with Crippen LogP contribution in [0, 0.1) is 17.7 Å². The zero-order valence-electron chi connectivity index (χ0n) is 17.2. The molecule has 7 nitrogen and oxygen atoms in total. The monoisotopic (exact) mass is 488 g/mol. The highest BCUT2D eigenvalue weighted by Gasteiger charge is 2.43. The third-order valence-corrected chi connectivity index (χ3v) is 7.47. The van der Waals surface area contributed by atoms with Crippen molar-refractivity contribution in [3.63, 3.8) is 0 Å². The van der Waals surface area contributed by atoms with Crippen molar-refractivity contribution in [2.75, 3.05) is 30.3 Å². The molecule has 33 heavy (non-hydrogen) atoms. The molecule has 1 saturated heterocycles. The molecule has 0 spiro atoms. The van der Waals surface area contributed by atoms with Crippen LogP contribution in [0.2, 0.25) is 5.02 Å². The number of hydrogen-bond donors (Lipinski definition) is 4. The third-order valence-electron chi connectivity index (χ3n) is 6.18. The van der Waals surface area contributed by atoms with Gasteiger partial charge in [-0.2, -0.15) is 5.10 Å². The van der Waals surface area contributed by atoms with Crippen molar-refractivity contribution in [2.24, 2.45) is 11.8 Å². The van der Waals surface area contributed by atoms with Gasteiger partial charge < -0.3 is 16.0 Å². The highest BCUT2D eigenvalue weighted by Crippen LogP contribution is 2.43. The normalized spacial score (nSPS) is 20.2. The number of anilines is 2. The highest BCUT2D eigenvalue weighted by atomic mass is 35.5. The second-order valence-corrected chi connectivity index (χ2v) is 9.90. The number of hydrogen-bond acceptors (Lipinski definition) is 6. The molecule has 4 N–H and O–H groups in total. The molecule has 2 aromatic carbocycles. The van der Waals surface area contributed by atoms with Gasteiger partial charge in [-0.05, 0) is 24.1 Å². The smallest absolute Gasteiger partial charge is 0.232 e. The molecule has 2 aliphatic rings. The van der Waals surface area contributed by atoms with E-state index in [1.165, 1.54) is 11.3 Å². The van der Waals surface area contributed by atoms with Crippen molar-refractivity contribution in [3.05, 3.63) is 35.2 Å². The number of halogens is 3. The van der Waals surface area contributed by atoms with Crippen LogP contribution in [0.25, 0.3) is 32.2 Å². The first-order chi connectivity index (χ1) is 16.0. The van der Waals surface area contributed by atoms with E-state index in [1.807, 2.05) is 12.1 Å². The number of amides is 1. The molecule has 1 amide bonds. The van der Waals surface area contributed by atoms with Gasteiger partial charge in [-0.15, -0.1) is 0 Å². The van der Waals surface area contributed by atoms with E-state index in [2.05, 4.69) is 31.1 Å². The molecule has 0 radical (unpaired) electrons. The zero-order valence-corrected chi connectivity index (χ0v) is 18.8. The fourth-order valence-electron chi connectivity index (χ4n) is 4.07. The SMILES string of the molecule is O=C(Nc1nc2ccc(-c3c(Cl)c(F)c(NCC4CNC4)c4[nH]ncc34)cc2s1)[C@@H]1C[C@@H]1F. The minimum Gasteiger partial charge on any atom is -0.380 e. The van der Waals surface area contributed by atoms with Crippen LogP contribution in [0.4, 0.5) is 19.6 Å². The van der Waals surface area contributed by atoms with Gasteiger partial charge >= 0.3 is 0 Å². The first-order valence-electron chi connectivity index (χ1n) is 10.6. The first kappa shape index (κ1) is 20.8. The average molecular weight is 489 g/mol. The second-order valence-electron chi connectivity index (χ2n) is 8.49. The van der Waals surface area contributed by atoms with Gasteiger partial charge in [0, 0.05) is 36.5 Å². The maximum atomic E-state index is 15.4. The number of aromatic nitrogens is 3. The molecule has 1 saturated carbocycles. The topological polar surface area (TPSA) is 94.7 Å². The molecular weight excluding hydrogens is 470 g/mol. The maximum Gasteiger partial charge on any atom is 0.232 e. The molecule has 2 atom stereocenters. The van der Waals surface area contributed by atoms with Crippen molar-refractivity contribution >= 4 is 60.8 Å². The van der Waals surface area contributed by atoms with Crippen LogP contribution < -0.4 is 16.0 Å². The number of nitrogens with zero attached hydrogens (tertiary/aromatic N) is 2. The van der Waals surface area contributed by atoms with Gasteiger partial charge in [0.15, 0.2) is 10.9 Å². The van der Waals surface area contributed by atoms with Gasteiger partial charge in [-0.3, -0.25) is 9.89 Å². The molecule has 11 heteroatoms. The summed E-state index contributed by atoms with van der Waals surface area (Å²) >= 11 is 7.82. The van der Waals surface area contributed by atoms with Gasteiger partial charge in [0.1, 0.15) is 6.17 Å². The Hall–Kier alpha value is -2.82. The number of carbonyl (C=O) groups excluding carboxylic acids is 1. The van der Waals surface area contributed by atoms with Crippen molar-refractivity contribution in [1.29, 1.82) is 0 Å². The molecule has 1 aliphatic heterocycles. The van der Waals surface area contributed by atoms with Gasteiger partial charge in [0.25, 0.3) is 0 Å². The molecular formula is C22H19ClF2N6OS. The van der Waals surface area contributed by atoms with E-state index in [0.717, 1.165) is 17.8 Å². The Morgan fingerprint density at radius 1 is 1.33 bits per heavy atom. The summed E-state index contributed by atoms with van der Waals surface area (Å²) in [6, 6.07) is 5.46. The fraction of sp³-hybridized carbons (Fsp3) is 0.318. The number of H-pyrrole nitrogens is 1. The van der Waals surface area contributed by atoms with Crippen LogP contribution in [-0.4, -0.2) is 46.9 Å². The van der Waals surface area contributed by atoms with E-state index in [-0.39, 0.29) is 17.4 Å². The largest absolute Gasteiger partial charge is 0.380 e. The van der Waals surface area contributed by atoms with Crippen LogP contribution >= 0.6 is 22.9 Å². The molecule has 3 heterocycles. The summed E-state index contributed by atoms with van der Waals surface area (Å²) in [4.78, 5) is 16.4. The van der Waals surface area contributed by atoms with Crippen LogP contribution in [0.3, 0.4) is 0 Å². The Bertz CT molecular complexity index is 1400. The molecule has 6 rings (SSSR count). The van der Waals surface area contributed by atoms with Crippen LogP contribution in [0.5, 0.6) is 0 Å². The minimum atomic E-state index is -1.07. The van der Waals surface area contributed by atoms with Crippen LogP contribution in [0.1, 0.15) is 6.42 Å². The number of carbonyl (C=O) groups is 1. The Balaban J connectivity index is 1.36. The summed E-state index contributed by atoms with van der Waals surface area (Å²) in [6.45, 7) is 2.44. The van der Waals surface area contributed by atoms with E-state index in [9.17, 15) is 9.18 Å². The van der Waals surface area contributed by atoms with Gasteiger partial charge in [0.2, 0.25) is 5.91 Å². The first-order valence-corrected chi connectivity index (χ1v) is 11.8. The molecule has 2 fully saturated rings. The summed E-state index contributed by atoms with van der Waals surface area (Å²) in [6.07, 6.45) is 0.828. The number of thiazole rings is 1. The maximum absolute atomic E-state index is 15.4. The Labute approximate surface area is 195 Å². The molecule has 170 valence electrons. The second kappa shape index (κ2) is 7.89. The van der Waals surface area contributed by atoms with Crippen molar-refractivity contribution in [3.8, 4) is 11.1 Å². The van der Waals surface area contributed by atoms with E-state index in [4.69, 9.17) is 11.6 Å². The zero-order chi connectivity index (χ0) is 22.7. The van der Waals surface area contributed by atoms with Crippen molar-refractivity contribution in [2.45, 2.75) is 12.6 Å². The molecule has 4 aromatic rings. The number of benzene rings is 2. The summed E-state index contributed by atoms with van der Waals surface area (Å²) < 4.78 is 29.3. The van der Waals surface area contributed by atoms with E-state index in [1.54, 1.807) is 12.3 Å².